The van der Waals surface area contributed by atoms with E-state index in [1.54, 1.807) is 4.31 Å². The Morgan fingerprint density at radius 3 is 2.33 bits per heavy atom. The van der Waals surface area contributed by atoms with Crippen LogP contribution in [-0.2, 0) is 10.0 Å². The van der Waals surface area contributed by atoms with Crippen molar-refractivity contribution in [2.24, 2.45) is 0 Å². The van der Waals surface area contributed by atoms with Gasteiger partial charge in [-0.3, -0.25) is 4.98 Å². The molecule has 0 spiro atoms. The van der Waals surface area contributed by atoms with Gasteiger partial charge in [0.2, 0.25) is 10.0 Å². The first kappa shape index (κ1) is 17.8. The number of piperazine rings is 1. The Balaban J connectivity index is 1.66. The van der Waals surface area contributed by atoms with Crippen LogP contribution in [0.3, 0.4) is 0 Å². The van der Waals surface area contributed by atoms with Crippen LogP contribution >= 0.6 is 11.6 Å². The van der Waals surface area contributed by atoms with E-state index in [-0.39, 0.29) is 5.02 Å². The van der Waals surface area contributed by atoms with E-state index in [4.69, 9.17) is 11.6 Å². The van der Waals surface area contributed by atoms with Crippen LogP contribution in [-0.4, -0.2) is 74.2 Å². The second-order valence-corrected chi connectivity index (χ2v) is 9.01. The highest BCUT2D eigenvalue weighted by Gasteiger charge is 2.36. The predicted molar refractivity (Wildman–Crippen MR) is 92.4 cm³/mol. The second kappa shape index (κ2) is 7.11. The first-order chi connectivity index (χ1) is 11.4. The summed E-state index contributed by atoms with van der Waals surface area (Å²) in [6, 6.07) is 0. The Bertz CT molecular complexity index is 666. The zero-order valence-electron chi connectivity index (χ0n) is 13.7. The van der Waals surface area contributed by atoms with Crippen molar-refractivity contribution in [2.45, 2.75) is 18.1 Å². The van der Waals surface area contributed by atoms with Gasteiger partial charge in [-0.2, -0.15) is 4.31 Å². The number of anilines is 1. The summed E-state index contributed by atoms with van der Waals surface area (Å²) in [7, 11) is -1.30. The van der Waals surface area contributed by atoms with E-state index in [1.165, 1.54) is 6.20 Å². The van der Waals surface area contributed by atoms with Crippen LogP contribution in [0.2, 0.25) is 5.02 Å². The molecule has 0 unspecified atom stereocenters. The SMILES string of the molecule is CN1CCN(S(=O)(=O)C2CCN(c3c(F)cncc3Cl)CC2)CC1. The molecule has 3 heterocycles. The summed E-state index contributed by atoms with van der Waals surface area (Å²) < 4.78 is 41.2. The number of aromatic nitrogens is 1. The number of likely N-dealkylation sites (N-methyl/N-ethyl adjacent to an activating group) is 1. The van der Waals surface area contributed by atoms with Crippen LogP contribution in [0.4, 0.5) is 10.1 Å². The summed E-state index contributed by atoms with van der Waals surface area (Å²) in [5, 5.41) is -0.142. The molecule has 1 aromatic rings. The van der Waals surface area contributed by atoms with Crippen LogP contribution in [0.25, 0.3) is 0 Å². The number of rotatable bonds is 3. The molecule has 0 saturated carbocycles. The Kier molecular flexibility index (Phi) is 5.29. The highest BCUT2D eigenvalue weighted by Crippen LogP contribution is 2.32. The van der Waals surface area contributed by atoms with E-state index >= 15 is 0 Å². The predicted octanol–water partition coefficient (Wildman–Crippen LogP) is 1.42. The molecule has 1 aromatic heterocycles. The van der Waals surface area contributed by atoms with Gasteiger partial charge in [-0.05, 0) is 19.9 Å². The third-order valence-corrected chi connectivity index (χ3v) is 7.51. The van der Waals surface area contributed by atoms with Gasteiger partial charge in [-0.1, -0.05) is 11.6 Å². The lowest BCUT2D eigenvalue weighted by Gasteiger charge is -2.38. The molecule has 0 amide bonds. The number of sulfonamides is 1. The first-order valence-corrected chi connectivity index (χ1v) is 9.99. The fraction of sp³-hybridized carbons (Fsp3) is 0.667. The molecule has 9 heteroatoms. The minimum absolute atomic E-state index is 0.260. The molecule has 3 rings (SSSR count). The molecular formula is C15H22ClFN4O2S. The molecule has 134 valence electrons. The monoisotopic (exact) mass is 376 g/mol. The molecule has 2 aliphatic heterocycles. The molecule has 0 radical (unpaired) electrons. The smallest absolute Gasteiger partial charge is 0.217 e. The van der Waals surface area contributed by atoms with E-state index in [0.29, 0.717) is 44.7 Å². The van der Waals surface area contributed by atoms with Crippen molar-refractivity contribution < 1.29 is 12.8 Å². The maximum absolute atomic E-state index is 14.0. The van der Waals surface area contributed by atoms with Crippen molar-refractivity contribution >= 4 is 27.3 Å². The van der Waals surface area contributed by atoms with Gasteiger partial charge in [0.1, 0.15) is 0 Å². The first-order valence-electron chi connectivity index (χ1n) is 8.11. The Labute approximate surface area is 147 Å². The van der Waals surface area contributed by atoms with Crippen LogP contribution in [0, 0.1) is 5.82 Å². The van der Waals surface area contributed by atoms with Crippen molar-refractivity contribution in [1.82, 2.24) is 14.2 Å². The van der Waals surface area contributed by atoms with Gasteiger partial charge in [-0.15, -0.1) is 0 Å². The van der Waals surface area contributed by atoms with Crippen LogP contribution in [0.5, 0.6) is 0 Å². The summed E-state index contributed by atoms with van der Waals surface area (Å²) >= 11 is 6.05. The molecule has 24 heavy (non-hydrogen) atoms. The largest absolute Gasteiger partial charge is 0.368 e. The van der Waals surface area contributed by atoms with Crippen molar-refractivity contribution in [1.29, 1.82) is 0 Å². The molecule has 0 atom stereocenters. The summed E-state index contributed by atoms with van der Waals surface area (Å²) in [5.41, 5.74) is 0.321. The molecular weight excluding hydrogens is 355 g/mol. The Morgan fingerprint density at radius 2 is 1.75 bits per heavy atom. The Morgan fingerprint density at radius 1 is 1.12 bits per heavy atom. The molecule has 0 aromatic carbocycles. The zero-order valence-corrected chi connectivity index (χ0v) is 15.2. The zero-order chi connectivity index (χ0) is 17.3. The van der Waals surface area contributed by atoms with Crippen molar-refractivity contribution in [3.8, 4) is 0 Å². The highest BCUT2D eigenvalue weighted by molar-refractivity contribution is 7.89. The maximum Gasteiger partial charge on any atom is 0.217 e. The third-order valence-electron chi connectivity index (χ3n) is 4.83. The molecule has 0 N–H and O–H groups in total. The standard InChI is InChI=1S/C15H22ClFN4O2S/c1-19-6-8-21(9-7-19)24(22,23)12-2-4-20(5-3-12)15-13(16)10-18-11-14(15)17/h10-12H,2-9H2,1H3. The van der Waals surface area contributed by atoms with E-state index in [2.05, 4.69) is 9.88 Å². The van der Waals surface area contributed by atoms with Crippen molar-refractivity contribution in [3.63, 3.8) is 0 Å². The summed E-state index contributed by atoms with van der Waals surface area (Å²) in [6.45, 7) is 3.55. The molecule has 2 fully saturated rings. The normalized spacial score (nSPS) is 22.0. The molecule has 0 aliphatic carbocycles. The fourth-order valence-electron chi connectivity index (χ4n) is 3.34. The minimum atomic E-state index is -3.29. The number of halogens is 2. The summed E-state index contributed by atoms with van der Waals surface area (Å²) in [5.74, 6) is -0.470. The summed E-state index contributed by atoms with van der Waals surface area (Å²) in [4.78, 5) is 7.66. The molecule has 0 bridgehead atoms. The van der Waals surface area contributed by atoms with E-state index in [0.717, 1.165) is 19.3 Å². The van der Waals surface area contributed by atoms with Crippen molar-refractivity contribution in [3.05, 3.63) is 23.2 Å². The number of piperidine rings is 1. The third kappa shape index (κ3) is 3.51. The highest BCUT2D eigenvalue weighted by atomic mass is 35.5. The van der Waals surface area contributed by atoms with Gasteiger partial charge < -0.3 is 9.80 Å². The van der Waals surface area contributed by atoms with Crippen LogP contribution in [0.1, 0.15) is 12.8 Å². The summed E-state index contributed by atoms with van der Waals surface area (Å²) in [6.07, 6.45) is 3.50. The van der Waals surface area contributed by atoms with Gasteiger partial charge in [0, 0.05) is 45.5 Å². The lowest BCUT2D eigenvalue weighted by atomic mass is 10.1. The van der Waals surface area contributed by atoms with E-state index < -0.39 is 21.1 Å². The van der Waals surface area contributed by atoms with Gasteiger partial charge in [0.25, 0.3) is 0 Å². The average Bonchev–Trinajstić information content (AvgIpc) is 2.55. The average molecular weight is 377 g/mol. The van der Waals surface area contributed by atoms with Crippen LogP contribution in [0.15, 0.2) is 12.4 Å². The molecule has 6 nitrogen and oxygen atoms in total. The number of nitrogens with zero attached hydrogens (tertiary/aromatic N) is 4. The van der Waals surface area contributed by atoms with Gasteiger partial charge >= 0.3 is 0 Å². The van der Waals surface area contributed by atoms with E-state index in [1.807, 2.05) is 11.9 Å². The van der Waals surface area contributed by atoms with Gasteiger partial charge in [-0.25, -0.2) is 12.8 Å². The van der Waals surface area contributed by atoms with E-state index in [9.17, 15) is 12.8 Å². The number of pyridine rings is 1. The van der Waals surface area contributed by atoms with Gasteiger partial charge in [0.15, 0.2) is 5.82 Å². The second-order valence-electron chi connectivity index (χ2n) is 6.39. The lowest BCUT2D eigenvalue weighted by molar-refractivity contribution is 0.220. The number of hydrogen-bond donors (Lipinski definition) is 0. The number of hydrogen-bond acceptors (Lipinski definition) is 5. The molecule has 2 saturated heterocycles. The lowest BCUT2D eigenvalue weighted by Crippen LogP contribution is -2.52. The quantitative estimate of drug-likeness (QED) is 0.798. The topological polar surface area (TPSA) is 56.8 Å². The fourth-order valence-corrected chi connectivity index (χ4v) is 5.50. The minimum Gasteiger partial charge on any atom is -0.368 e. The van der Waals surface area contributed by atoms with Gasteiger partial charge in [0.05, 0.1) is 22.2 Å². The van der Waals surface area contributed by atoms with Crippen LogP contribution < -0.4 is 4.90 Å². The Hall–Kier alpha value is -0.960. The molecule has 2 aliphatic rings. The van der Waals surface area contributed by atoms with Crippen molar-refractivity contribution in [2.75, 3.05) is 51.2 Å². The maximum atomic E-state index is 14.0.